The molecule has 0 aromatic carbocycles. The Morgan fingerprint density at radius 3 is 3.12 bits per heavy atom. The van der Waals surface area contributed by atoms with Crippen LogP contribution in [0.4, 0.5) is 0 Å². The number of aryl methyl sites for hydroxylation is 1. The Bertz CT molecular complexity index is 838. The van der Waals surface area contributed by atoms with Crippen molar-refractivity contribution in [3.8, 4) is 0 Å². The molecule has 0 bridgehead atoms. The van der Waals surface area contributed by atoms with Gasteiger partial charge in [0.2, 0.25) is 5.91 Å². The Morgan fingerprint density at radius 1 is 1.44 bits per heavy atom. The van der Waals surface area contributed by atoms with Crippen molar-refractivity contribution >= 4 is 34.0 Å². The fourth-order valence-corrected chi connectivity index (χ4v) is 4.61. The normalized spacial score (nSPS) is 14.5. The lowest BCUT2D eigenvalue weighted by atomic mass is 9.97. The van der Waals surface area contributed by atoms with Crippen molar-refractivity contribution in [3.05, 3.63) is 44.8 Å². The molecule has 0 fully saturated rings. The standard InChI is InChI=1S/C18H23N3O2S2/c1-13-10-25-18-20-15(9-17(23)21(13)18)11-24-12-16(22)19-8-7-14-5-3-2-4-6-14/h5,9-10H,2-4,6-8,11-12H2,1H3,(H,19,22). The van der Waals surface area contributed by atoms with Gasteiger partial charge in [0.15, 0.2) is 4.96 Å². The fourth-order valence-electron chi connectivity index (χ4n) is 2.97. The van der Waals surface area contributed by atoms with Gasteiger partial charge in [0.1, 0.15) is 0 Å². The van der Waals surface area contributed by atoms with E-state index in [-0.39, 0.29) is 11.5 Å². The summed E-state index contributed by atoms with van der Waals surface area (Å²) < 4.78 is 1.62. The summed E-state index contributed by atoms with van der Waals surface area (Å²) >= 11 is 2.96. The predicted octanol–water partition coefficient (Wildman–Crippen LogP) is 3.30. The lowest BCUT2D eigenvalue weighted by molar-refractivity contribution is -0.118. The highest BCUT2D eigenvalue weighted by Crippen LogP contribution is 2.19. The second-order valence-electron chi connectivity index (χ2n) is 6.28. The van der Waals surface area contributed by atoms with Gasteiger partial charge in [-0.2, -0.15) is 0 Å². The van der Waals surface area contributed by atoms with Crippen molar-refractivity contribution in [2.24, 2.45) is 0 Å². The third-order valence-electron chi connectivity index (χ3n) is 4.27. The molecule has 5 nitrogen and oxygen atoms in total. The van der Waals surface area contributed by atoms with E-state index >= 15 is 0 Å². The smallest absolute Gasteiger partial charge is 0.258 e. The average molecular weight is 378 g/mol. The first kappa shape index (κ1) is 18.2. The van der Waals surface area contributed by atoms with Gasteiger partial charge in [-0.1, -0.05) is 11.6 Å². The molecule has 0 atom stereocenters. The summed E-state index contributed by atoms with van der Waals surface area (Å²) in [5.41, 5.74) is 3.06. The topological polar surface area (TPSA) is 63.5 Å². The number of allylic oxidation sites excluding steroid dienone is 1. The van der Waals surface area contributed by atoms with Crippen LogP contribution in [-0.2, 0) is 10.5 Å². The van der Waals surface area contributed by atoms with Crippen molar-refractivity contribution in [2.45, 2.75) is 44.8 Å². The van der Waals surface area contributed by atoms with E-state index in [0.717, 1.165) is 17.8 Å². The van der Waals surface area contributed by atoms with E-state index in [9.17, 15) is 9.59 Å². The van der Waals surface area contributed by atoms with Crippen molar-refractivity contribution in [1.82, 2.24) is 14.7 Å². The number of hydrogen-bond donors (Lipinski definition) is 1. The number of hydrogen-bond acceptors (Lipinski definition) is 5. The molecule has 2 aromatic heterocycles. The van der Waals surface area contributed by atoms with Gasteiger partial charge in [-0.15, -0.1) is 23.1 Å². The number of carbonyl (C=O) groups is 1. The molecule has 2 aromatic rings. The minimum Gasteiger partial charge on any atom is -0.355 e. The van der Waals surface area contributed by atoms with E-state index in [4.69, 9.17) is 0 Å². The molecule has 0 radical (unpaired) electrons. The highest BCUT2D eigenvalue weighted by Gasteiger charge is 2.08. The van der Waals surface area contributed by atoms with Crippen LogP contribution in [0.5, 0.6) is 0 Å². The van der Waals surface area contributed by atoms with Crippen LogP contribution < -0.4 is 10.9 Å². The van der Waals surface area contributed by atoms with Crippen LogP contribution in [-0.4, -0.2) is 27.6 Å². The molecule has 0 spiro atoms. The maximum Gasteiger partial charge on any atom is 0.258 e. The first-order chi connectivity index (χ1) is 12.1. The van der Waals surface area contributed by atoms with Crippen LogP contribution in [0.15, 0.2) is 27.9 Å². The van der Waals surface area contributed by atoms with Crippen molar-refractivity contribution in [3.63, 3.8) is 0 Å². The van der Waals surface area contributed by atoms with Gasteiger partial charge < -0.3 is 5.32 Å². The SMILES string of the molecule is Cc1csc2nc(CSCC(=O)NCCC3=CCCCC3)cc(=O)n12. The number of fused-ring (bicyclic) bond motifs is 1. The molecule has 1 aliphatic rings. The third-order valence-corrected chi connectivity index (χ3v) is 6.17. The minimum absolute atomic E-state index is 0.0474. The van der Waals surface area contributed by atoms with Crippen molar-refractivity contribution in [1.29, 1.82) is 0 Å². The highest BCUT2D eigenvalue weighted by molar-refractivity contribution is 7.99. The van der Waals surface area contributed by atoms with Crippen molar-refractivity contribution < 1.29 is 4.79 Å². The number of aromatic nitrogens is 2. The summed E-state index contributed by atoms with van der Waals surface area (Å²) in [6.07, 6.45) is 8.20. The summed E-state index contributed by atoms with van der Waals surface area (Å²) in [5.74, 6) is 1.01. The third kappa shape index (κ3) is 4.95. The number of thiazole rings is 1. The molecule has 25 heavy (non-hydrogen) atoms. The van der Waals surface area contributed by atoms with Gasteiger partial charge in [-0.25, -0.2) is 4.98 Å². The molecule has 3 rings (SSSR count). The zero-order valence-corrected chi connectivity index (χ0v) is 16.0. The van der Waals surface area contributed by atoms with Crippen LogP contribution in [0.2, 0.25) is 0 Å². The molecule has 1 amide bonds. The number of thioether (sulfide) groups is 1. The fraction of sp³-hybridized carbons (Fsp3) is 0.500. The van der Waals surface area contributed by atoms with Gasteiger partial charge in [-0.05, 0) is 39.0 Å². The van der Waals surface area contributed by atoms with Gasteiger partial charge >= 0.3 is 0 Å². The number of nitrogens with zero attached hydrogens (tertiary/aromatic N) is 2. The van der Waals surface area contributed by atoms with E-state index < -0.39 is 0 Å². The molecule has 0 saturated carbocycles. The summed E-state index contributed by atoms with van der Waals surface area (Å²) in [4.78, 5) is 29.2. The van der Waals surface area contributed by atoms with Gasteiger partial charge in [0, 0.05) is 29.4 Å². The van der Waals surface area contributed by atoms with Crippen LogP contribution in [0.3, 0.4) is 0 Å². The molecule has 2 heterocycles. The average Bonchev–Trinajstić information content (AvgIpc) is 2.97. The molecule has 0 aliphatic heterocycles. The Morgan fingerprint density at radius 2 is 2.32 bits per heavy atom. The van der Waals surface area contributed by atoms with Gasteiger partial charge in [0.25, 0.3) is 5.56 Å². The van der Waals surface area contributed by atoms with E-state index in [2.05, 4.69) is 16.4 Å². The van der Waals surface area contributed by atoms with Crippen LogP contribution in [0.25, 0.3) is 4.96 Å². The van der Waals surface area contributed by atoms with Gasteiger partial charge in [-0.3, -0.25) is 14.0 Å². The monoisotopic (exact) mass is 377 g/mol. The lowest BCUT2D eigenvalue weighted by Gasteiger charge is -2.12. The lowest BCUT2D eigenvalue weighted by Crippen LogP contribution is -2.26. The highest BCUT2D eigenvalue weighted by atomic mass is 32.2. The van der Waals surface area contributed by atoms with E-state index in [1.807, 2.05) is 12.3 Å². The number of nitrogens with one attached hydrogen (secondary N) is 1. The molecule has 134 valence electrons. The van der Waals surface area contributed by atoms with E-state index in [0.29, 0.717) is 23.0 Å². The Balaban J connectivity index is 1.42. The first-order valence-corrected chi connectivity index (χ1v) is 10.7. The zero-order valence-electron chi connectivity index (χ0n) is 14.4. The van der Waals surface area contributed by atoms with E-state index in [1.165, 1.54) is 54.4 Å². The molecule has 0 saturated heterocycles. The molecule has 7 heteroatoms. The summed E-state index contributed by atoms with van der Waals surface area (Å²) in [7, 11) is 0. The maximum absolute atomic E-state index is 12.1. The molecule has 1 N–H and O–H groups in total. The quantitative estimate of drug-likeness (QED) is 0.752. The Kier molecular flexibility index (Phi) is 6.31. The van der Waals surface area contributed by atoms with Crippen molar-refractivity contribution in [2.75, 3.05) is 12.3 Å². The van der Waals surface area contributed by atoms with Crippen LogP contribution in [0, 0.1) is 6.92 Å². The first-order valence-electron chi connectivity index (χ1n) is 8.62. The van der Waals surface area contributed by atoms with Gasteiger partial charge in [0.05, 0.1) is 11.4 Å². The molecule has 0 unspecified atom stereocenters. The van der Waals surface area contributed by atoms with Crippen LogP contribution >= 0.6 is 23.1 Å². The summed E-state index contributed by atoms with van der Waals surface area (Å²) in [5, 5.41) is 4.90. The minimum atomic E-state index is -0.0513. The second-order valence-corrected chi connectivity index (χ2v) is 8.10. The second kappa shape index (κ2) is 8.67. The number of carbonyl (C=O) groups excluding carboxylic acids is 1. The summed E-state index contributed by atoms with van der Waals surface area (Å²) in [6.45, 7) is 2.61. The van der Waals surface area contributed by atoms with E-state index in [1.54, 1.807) is 10.5 Å². The predicted molar refractivity (Wildman–Crippen MR) is 104 cm³/mol. The zero-order chi connectivity index (χ0) is 17.6. The number of rotatable bonds is 7. The van der Waals surface area contributed by atoms with Crippen LogP contribution in [0.1, 0.15) is 43.5 Å². The largest absolute Gasteiger partial charge is 0.355 e. The Labute approximate surface area is 155 Å². The summed E-state index contributed by atoms with van der Waals surface area (Å²) in [6, 6.07) is 1.56. The molecular formula is C18H23N3O2S2. The maximum atomic E-state index is 12.1. The Hall–Kier alpha value is -1.60. The molecule has 1 aliphatic carbocycles. The number of amides is 1. The molecular weight excluding hydrogens is 354 g/mol.